The minimum Gasteiger partial charge on any atom is -0.392 e. The van der Waals surface area contributed by atoms with Gasteiger partial charge in [-0.25, -0.2) is 8.42 Å². The van der Waals surface area contributed by atoms with Crippen molar-refractivity contribution >= 4 is 15.7 Å². The van der Waals surface area contributed by atoms with Crippen molar-refractivity contribution in [1.82, 2.24) is 0 Å². The van der Waals surface area contributed by atoms with Crippen LogP contribution in [0.4, 0.5) is 5.69 Å². The standard InChI is InChI=1S/C14H12N2O3S/c15-9-11-4-6-14(7-5-11)20(18,19)16-13-3-1-2-12(8-13)10-17/h1-8,16-17H,10H2. The predicted molar refractivity (Wildman–Crippen MR) is 74.3 cm³/mol. The Hall–Kier alpha value is -2.36. The van der Waals surface area contributed by atoms with E-state index in [-0.39, 0.29) is 11.5 Å². The molecule has 0 saturated carbocycles. The highest BCUT2D eigenvalue weighted by Gasteiger charge is 2.14. The third-order valence-corrected chi connectivity index (χ3v) is 4.05. The summed E-state index contributed by atoms with van der Waals surface area (Å²) in [5.41, 5.74) is 1.39. The number of aliphatic hydroxyl groups excluding tert-OH is 1. The quantitative estimate of drug-likeness (QED) is 0.898. The molecule has 2 N–H and O–H groups in total. The Balaban J connectivity index is 2.28. The zero-order chi connectivity index (χ0) is 14.6. The first-order chi connectivity index (χ1) is 9.55. The number of rotatable bonds is 4. The third-order valence-electron chi connectivity index (χ3n) is 2.66. The Morgan fingerprint density at radius 2 is 1.85 bits per heavy atom. The number of hydrogen-bond donors (Lipinski definition) is 2. The average molecular weight is 288 g/mol. The SMILES string of the molecule is N#Cc1ccc(S(=O)(=O)Nc2cccc(CO)c2)cc1. The normalized spacial score (nSPS) is 10.8. The largest absolute Gasteiger partial charge is 0.392 e. The first-order valence-corrected chi connectivity index (χ1v) is 7.26. The van der Waals surface area contributed by atoms with E-state index in [0.717, 1.165) is 0 Å². The van der Waals surface area contributed by atoms with Gasteiger partial charge in [0.25, 0.3) is 10.0 Å². The molecule has 102 valence electrons. The summed E-state index contributed by atoms with van der Waals surface area (Å²) in [7, 11) is -3.70. The highest BCUT2D eigenvalue weighted by Crippen LogP contribution is 2.17. The number of aliphatic hydroxyl groups is 1. The summed E-state index contributed by atoms with van der Waals surface area (Å²) in [5.74, 6) is 0. The van der Waals surface area contributed by atoms with Crippen LogP contribution in [0.3, 0.4) is 0 Å². The zero-order valence-electron chi connectivity index (χ0n) is 10.4. The van der Waals surface area contributed by atoms with Crippen LogP contribution in [0.2, 0.25) is 0 Å². The molecule has 0 radical (unpaired) electrons. The van der Waals surface area contributed by atoms with E-state index in [9.17, 15) is 8.42 Å². The van der Waals surface area contributed by atoms with Crippen molar-refractivity contribution < 1.29 is 13.5 Å². The van der Waals surface area contributed by atoms with Crippen LogP contribution in [0.25, 0.3) is 0 Å². The smallest absolute Gasteiger partial charge is 0.261 e. The van der Waals surface area contributed by atoms with Crippen molar-refractivity contribution in [2.75, 3.05) is 4.72 Å². The van der Waals surface area contributed by atoms with E-state index in [4.69, 9.17) is 10.4 Å². The fourth-order valence-electron chi connectivity index (χ4n) is 1.66. The Morgan fingerprint density at radius 3 is 2.45 bits per heavy atom. The molecule has 0 aliphatic rings. The van der Waals surface area contributed by atoms with Gasteiger partial charge in [0, 0.05) is 5.69 Å². The molecule has 0 heterocycles. The van der Waals surface area contributed by atoms with E-state index in [1.807, 2.05) is 6.07 Å². The summed E-state index contributed by atoms with van der Waals surface area (Å²) in [6.07, 6.45) is 0. The molecule has 0 amide bonds. The number of hydrogen-bond acceptors (Lipinski definition) is 4. The highest BCUT2D eigenvalue weighted by atomic mass is 32.2. The van der Waals surface area contributed by atoms with Crippen LogP contribution in [0.5, 0.6) is 0 Å². The third kappa shape index (κ3) is 3.15. The molecule has 0 unspecified atom stereocenters. The number of benzene rings is 2. The Kier molecular flexibility index (Phi) is 4.03. The van der Waals surface area contributed by atoms with Crippen molar-refractivity contribution in [3.63, 3.8) is 0 Å². The van der Waals surface area contributed by atoms with Crippen LogP contribution in [0.1, 0.15) is 11.1 Å². The highest BCUT2D eigenvalue weighted by molar-refractivity contribution is 7.92. The summed E-state index contributed by atoms with van der Waals surface area (Å²) in [5, 5.41) is 17.7. The molecule has 0 spiro atoms. The summed E-state index contributed by atoms with van der Waals surface area (Å²) < 4.78 is 26.7. The van der Waals surface area contributed by atoms with Crippen LogP contribution < -0.4 is 4.72 Å². The van der Waals surface area contributed by atoms with Crippen LogP contribution in [-0.2, 0) is 16.6 Å². The van der Waals surface area contributed by atoms with E-state index >= 15 is 0 Å². The van der Waals surface area contributed by atoms with Gasteiger partial charge in [-0.2, -0.15) is 5.26 Å². The molecular formula is C14H12N2O3S. The number of nitrogens with zero attached hydrogens (tertiary/aromatic N) is 1. The van der Waals surface area contributed by atoms with Gasteiger partial charge in [0.05, 0.1) is 23.1 Å². The molecule has 0 aliphatic carbocycles. The maximum atomic E-state index is 12.1. The van der Waals surface area contributed by atoms with Gasteiger partial charge < -0.3 is 5.11 Å². The van der Waals surface area contributed by atoms with Crippen LogP contribution in [0, 0.1) is 11.3 Å². The van der Waals surface area contributed by atoms with E-state index in [2.05, 4.69) is 4.72 Å². The van der Waals surface area contributed by atoms with Crippen molar-refractivity contribution in [2.45, 2.75) is 11.5 Å². The topological polar surface area (TPSA) is 90.2 Å². The summed E-state index contributed by atoms with van der Waals surface area (Å²) in [6.45, 7) is -0.160. The molecule has 5 nitrogen and oxygen atoms in total. The fraction of sp³-hybridized carbons (Fsp3) is 0.0714. The Labute approximate surface area is 117 Å². The van der Waals surface area contributed by atoms with E-state index in [1.54, 1.807) is 24.3 Å². The van der Waals surface area contributed by atoms with Gasteiger partial charge in [0.1, 0.15) is 0 Å². The van der Waals surface area contributed by atoms with Gasteiger partial charge in [-0.15, -0.1) is 0 Å². The molecule has 2 aromatic rings. The lowest BCUT2D eigenvalue weighted by molar-refractivity contribution is 0.282. The number of anilines is 1. The summed E-state index contributed by atoms with van der Waals surface area (Å²) in [6, 6.07) is 14.1. The average Bonchev–Trinajstić information content (AvgIpc) is 2.47. The maximum absolute atomic E-state index is 12.1. The van der Waals surface area contributed by atoms with Gasteiger partial charge in [0.15, 0.2) is 0 Å². The predicted octanol–water partition coefficient (Wildman–Crippen LogP) is 1.85. The molecule has 0 aromatic heterocycles. The van der Waals surface area contributed by atoms with Crippen LogP contribution >= 0.6 is 0 Å². The maximum Gasteiger partial charge on any atom is 0.261 e. The molecule has 2 aromatic carbocycles. The lowest BCUT2D eigenvalue weighted by Crippen LogP contribution is -2.13. The Bertz CT molecular complexity index is 747. The molecule has 20 heavy (non-hydrogen) atoms. The van der Waals surface area contributed by atoms with Gasteiger partial charge in [-0.1, -0.05) is 12.1 Å². The monoisotopic (exact) mass is 288 g/mol. The second-order valence-corrected chi connectivity index (χ2v) is 5.78. The molecule has 0 bridgehead atoms. The fourth-order valence-corrected chi connectivity index (χ4v) is 2.71. The first kappa shape index (κ1) is 14.1. The number of sulfonamides is 1. The van der Waals surface area contributed by atoms with E-state index < -0.39 is 10.0 Å². The van der Waals surface area contributed by atoms with Gasteiger partial charge in [-0.05, 0) is 42.0 Å². The van der Waals surface area contributed by atoms with Gasteiger partial charge in [0.2, 0.25) is 0 Å². The molecule has 6 heteroatoms. The number of nitrogens with one attached hydrogen (secondary N) is 1. The lowest BCUT2D eigenvalue weighted by atomic mass is 10.2. The molecule has 0 fully saturated rings. The number of nitriles is 1. The lowest BCUT2D eigenvalue weighted by Gasteiger charge is -2.09. The molecular weight excluding hydrogens is 276 g/mol. The molecule has 0 saturated heterocycles. The van der Waals surface area contributed by atoms with Crippen molar-refractivity contribution in [3.8, 4) is 6.07 Å². The van der Waals surface area contributed by atoms with Gasteiger partial charge in [-0.3, -0.25) is 4.72 Å². The summed E-state index contributed by atoms with van der Waals surface area (Å²) in [4.78, 5) is 0.0749. The van der Waals surface area contributed by atoms with Gasteiger partial charge >= 0.3 is 0 Å². The minimum atomic E-state index is -3.70. The second kappa shape index (κ2) is 5.74. The van der Waals surface area contributed by atoms with E-state index in [1.165, 1.54) is 24.3 Å². The molecule has 2 rings (SSSR count). The van der Waals surface area contributed by atoms with Crippen LogP contribution in [0.15, 0.2) is 53.4 Å². The molecule has 0 aliphatic heterocycles. The van der Waals surface area contributed by atoms with Crippen molar-refractivity contribution in [1.29, 1.82) is 5.26 Å². The first-order valence-electron chi connectivity index (χ1n) is 5.78. The van der Waals surface area contributed by atoms with Crippen LogP contribution in [-0.4, -0.2) is 13.5 Å². The summed E-state index contributed by atoms with van der Waals surface area (Å²) >= 11 is 0. The van der Waals surface area contributed by atoms with Crippen molar-refractivity contribution in [3.05, 3.63) is 59.7 Å². The zero-order valence-corrected chi connectivity index (χ0v) is 11.3. The van der Waals surface area contributed by atoms with E-state index in [0.29, 0.717) is 16.8 Å². The minimum absolute atomic E-state index is 0.0749. The second-order valence-electron chi connectivity index (χ2n) is 4.10. The molecule has 0 atom stereocenters. The Morgan fingerprint density at radius 1 is 1.15 bits per heavy atom. The van der Waals surface area contributed by atoms with Crippen molar-refractivity contribution in [2.24, 2.45) is 0 Å².